The number of carbonyl (C=O) groups excluding carboxylic acids is 7. The second-order valence-corrected chi connectivity index (χ2v) is 17.1. The summed E-state index contributed by atoms with van der Waals surface area (Å²) in [6, 6.07) is 0. The third kappa shape index (κ3) is 1100. The Hall–Kier alpha value is -2.19. The number of carboxylic acid groups (broad SMARTS) is 1. The van der Waals surface area contributed by atoms with Crippen LogP contribution in [0.2, 0.25) is 6.82 Å². The number of aliphatic carboxylic acids is 1. The van der Waals surface area contributed by atoms with Gasteiger partial charge in [-0.2, -0.15) is 8.78 Å². The number of rotatable bonds is 9. The number of halogens is 5. The number of methoxy groups -OCH3 is 5. The molecule has 0 spiro atoms. The van der Waals surface area contributed by atoms with Crippen LogP contribution in [-0.4, -0.2) is 208 Å². The molecule has 0 aromatic rings. The van der Waals surface area contributed by atoms with Gasteiger partial charge in [-0.05, 0) is 101 Å². The van der Waals surface area contributed by atoms with E-state index in [0.29, 0.717) is 44.7 Å². The van der Waals surface area contributed by atoms with E-state index < -0.39 is 26.3 Å². The van der Waals surface area contributed by atoms with Crippen LogP contribution in [0.5, 0.6) is 0 Å². The molecule has 0 bridgehead atoms. The fourth-order valence-corrected chi connectivity index (χ4v) is 2.67. The summed E-state index contributed by atoms with van der Waals surface area (Å²) in [6.45, 7) is 68.7. The average molecular weight is 1700 g/mol. The van der Waals surface area contributed by atoms with Gasteiger partial charge in [-0.1, -0.05) is 193 Å². The summed E-state index contributed by atoms with van der Waals surface area (Å²) >= 11 is 10.8. The van der Waals surface area contributed by atoms with Crippen molar-refractivity contribution >= 4 is 142 Å². The monoisotopic (exact) mass is 1700 g/mol. The number of esters is 4. The van der Waals surface area contributed by atoms with Gasteiger partial charge in [0.2, 0.25) is 0 Å². The molecule has 634 valence electrons. The Bertz CT molecular complexity index is 1240. The number of hydrogen-bond acceptors (Lipinski definition) is 23. The van der Waals surface area contributed by atoms with Gasteiger partial charge in [-0.25, -0.2) is 4.79 Å². The molecule has 102 heavy (non-hydrogen) atoms. The number of aliphatic hydroxyl groups is 2. The van der Waals surface area contributed by atoms with Crippen molar-refractivity contribution < 1.29 is 146 Å². The van der Waals surface area contributed by atoms with Crippen LogP contribution in [0.25, 0.3) is 0 Å². The van der Waals surface area contributed by atoms with Crippen molar-refractivity contribution in [2.45, 2.75) is 276 Å². The van der Waals surface area contributed by atoms with E-state index in [1.54, 1.807) is 54.9 Å². The van der Waals surface area contributed by atoms with Gasteiger partial charge in [-0.15, -0.1) is 17.0 Å². The Morgan fingerprint density at radius 2 is 0.765 bits per heavy atom. The van der Waals surface area contributed by atoms with E-state index in [4.69, 9.17) is 49.3 Å². The van der Waals surface area contributed by atoms with E-state index in [9.17, 15) is 36.9 Å². The van der Waals surface area contributed by atoms with Crippen LogP contribution < -0.4 is 29.6 Å². The van der Waals surface area contributed by atoms with Crippen molar-refractivity contribution in [1.29, 1.82) is 0 Å². The minimum Gasteiger partial charge on any atom is -1.00 e. The number of carboxylic acids is 1. The number of ether oxygens (including phenoxy) is 7. The second kappa shape index (κ2) is 315. The van der Waals surface area contributed by atoms with Gasteiger partial charge < -0.3 is 78.9 Å². The molecule has 0 heterocycles. The Balaban J connectivity index is -0.0000000172. The van der Waals surface area contributed by atoms with E-state index >= 15 is 0 Å². The molecule has 0 aliphatic carbocycles. The predicted octanol–water partition coefficient (Wildman–Crippen LogP) is 17.0. The van der Waals surface area contributed by atoms with Crippen LogP contribution in [0.3, 0.4) is 0 Å². The normalized spacial score (nSPS) is 6.59. The molecule has 0 fully saturated rings. The van der Waals surface area contributed by atoms with Gasteiger partial charge in [-0.3, -0.25) is 23.6 Å². The summed E-state index contributed by atoms with van der Waals surface area (Å²) in [5, 5.41) is 38.9. The maximum atomic E-state index is 11.7. The van der Waals surface area contributed by atoms with Gasteiger partial charge in [0.05, 0.1) is 55.0 Å². The molecule has 0 saturated carbocycles. The molecule has 0 aliphatic rings. The van der Waals surface area contributed by atoms with Gasteiger partial charge in [0.25, 0.3) is 5.97 Å². The molecule has 0 unspecified atom stereocenters. The van der Waals surface area contributed by atoms with Crippen LogP contribution >= 0.6 is 65.1 Å². The third-order valence-corrected chi connectivity index (χ3v) is 7.61. The Labute approximate surface area is 687 Å². The molecule has 0 aliphatic heterocycles. The summed E-state index contributed by atoms with van der Waals surface area (Å²) in [7, 11) is 9.32. The first-order valence-electron chi connectivity index (χ1n) is 32.4. The van der Waals surface area contributed by atoms with Crippen LogP contribution in [0, 0.1) is 0 Å². The Kier molecular flexibility index (Phi) is 635. The molecule has 0 aromatic carbocycles. The molecule has 0 amide bonds. The van der Waals surface area contributed by atoms with Crippen LogP contribution in [0.4, 0.5) is 13.2 Å². The molecule has 0 atom stereocenters. The quantitative estimate of drug-likeness (QED) is 0.0119. The minimum absolute atomic E-state index is 0. The number of alkyl halides is 4. The topological polar surface area (TPSA) is 332 Å². The Morgan fingerprint density at radius 1 is 0.618 bits per heavy atom. The first kappa shape index (κ1) is 206. The zero-order chi connectivity index (χ0) is 87.0. The number of aliphatic hydroxyl groups excluding tert-OH is 2. The molecule has 0 saturated heterocycles. The van der Waals surface area contributed by atoms with Crippen LogP contribution in [0.15, 0.2) is 28.6 Å². The van der Waals surface area contributed by atoms with Crippen molar-refractivity contribution in [2.24, 2.45) is 4.30 Å². The van der Waals surface area contributed by atoms with Gasteiger partial charge in [0.1, 0.15) is 18.9 Å². The molecular weight excluding hydrogens is 1530 g/mol. The number of nitrogens with zero attached hydrogens (tertiary/aromatic N) is 1. The van der Waals surface area contributed by atoms with E-state index in [2.05, 4.69) is 95.2 Å². The van der Waals surface area contributed by atoms with Crippen molar-refractivity contribution in [3.8, 4) is 0 Å². The minimum atomic E-state index is -2.96. The van der Waals surface area contributed by atoms with E-state index in [1.165, 1.54) is 68.2 Å². The fourth-order valence-electron chi connectivity index (χ4n) is 1.22. The maximum Gasteiger partial charge on any atom is 1.00 e. The van der Waals surface area contributed by atoms with Gasteiger partial charge in [0, 0.05) is 89.0 Å². The maximum absolute atomic E-state index is 11.7. The number of hydrogen-bond donors (Lipinski definition) is 6. The average Bonchev–Trinajstić information content (AvgIpc) is 0.911. The molecule has 0 aromatic heterocycles. The molecule has 4 radical (unpaired) electrons. The summed E-state index contributed by atoms with van der Waals surface area (Å²) in [5.74, 6) is -1.92. The molecular formula is C68H169B3Br2F3NNaO21PS2. The van der Waals surface area contributed by atoms with Crippen molar-refractivity contribution in [3.05, 3.63) is 24.3 Å². The summed E-state index contributed by atoms with van der Waals surface area (Å²) in [4.78, 5) is 75.9. The SMILES string of the molecule is Br.C.C/C=C/C(=O)OCC.CB(O)O.CC.CC.CC.CC.CC.CC.CC.CC.CC(=O)O.CC=CC.CC=O.CC=O.CC=O.CCBr.CCC.CCO.CCOC.CCOC(=O)CP(=O)(CC)CC.CF.CO.COC(C)(F)F.COC(C)=O.COC(C)=O.COC(C)=S.[B].[B]=NS.[H-].[Na+]. The first-order valence-corrected chi connectivity index (χ1v) is 36.6. The second-order valence-electron chi connectivity index (χ2n) is 11.5. The van der Waals surface area contributed by atoms with Gasteiger partial charge in [0.15, 0.2) is 5.05 Å². The van der Waals surface area contributed by atoms with Crippen LogP contribution in [-0.2, 0) is 76.1 Å². The summed E-state index contributed by atoms with van der Waals surface area (Å²) < 4.78 is 76.5. The van der Waals surface area contributed by atoms with Gasteiger partial charge >= 0.3 is 91.4 Å². The molecule has 5 N–H and O–H groups in total. The number of aldehydes is 3. The number of thiol groups is 1. The standard InChI is InChI=1S/C8H17O3P.C6H10O2.C4H8.C3H6F2O.2C3H6O2.C3H6OS.C3H8O.C3H8.C2H5Br.C2H4O2.C2H6O.3C2H4O.8C2H6.CH5BO2.CH3F.CH4O.CH4.BHNS.B.BrH.Na.H/c1-4-11-8(9)7-12(10,5-2)6-3;1-3-5-6(7)8-4-2;1-3-4-2;1-3(4,5)6-2;2*1-3(4)5-2;1-3(5)4-2;1-3-4-2;1-3-2;1-2-3;1-2(3)4;4*1-2-3;8*1-2;1-2(3)4;2*1-2;;1-2-3;;;;/h4-7H2,1-3H3;3,5H,4H2,1-2H3;3-4H,1-2H3;1-2H3;3*1-2H3;3H2,1-2H3;3H2,1-2H3;2H2,1H3;1H3,(H,3,4);3H,2H2,1H3;3*2H,1H3;8*1-2H3;3-4H,1H3;1H3;2H,1H3;1H4;3H;;1H;;/q;;;;;;;;;;;;;;;;;;;;;;;;;;;;;;+1;-1/b;5-3+;;;;;;;;;;;;;;;;;;;;;;;;;;;;;;. The number of carbonyl (C=O) groups is 8. The van der Waals surface area contributed by atoms with E-state index in [0.717, 1.165) is 51.9 Å². The molecule has 0 rings (SSSR count). The van der Waals surface area contributed by atoms with Crippen LogP contribution in [0.1, 0.15) is 265 Å². The fraction of sp³-hybridized carbons (Fsp3) is 0.809. The van der Waals surface area contributed by atoms with E-state index in [-0.39, 0.29) is 100 Å². The largest absolute Gasteiger partial charge is 1.00 e. The molecule has 22 nitrogen and oxygen atoms in total. The zero-order valence-corrected chi connectivity index (χ0v) is 81.0. The summed E-state index contributed by atoms with van der Waals surface area (Å²) in [5.41, 5.74) is 0. The molecule has 34 heteroatoms. The Morgan fingerprint density at radius 3 is 0.833 bits per heavy atom. The smallest absolute Gasteiger partial charge is 1.00 e. The summed E-state index contributed by atoms with van der Waals surface area (Å²) in [6.07, 6.45) is 8.86. The van der Waals surface area contributed by atoms with Crippen molar-refractivity contribution in [1.82, 2.24) is 0 Å². The van der Waals surface area contributed by atoms with Crippen molar-refractivity contribution in [2.75, 3.05) is 100 Å². The van der Waals surface area contributed by atoms with Crippen molar-refractivity contribution in [3.63, 3.8) is 0 Å². The zero-order valence-electron chi connectivity index (χ0n) is 74.1. The van der Waals surface area contributed by atoms with E-state index in [1.807, 2.05) is 164 Å². The predicted molar refractivity (Wildman–Crippen MR) is 458 cm³/mol. The number of allylic oxidation sites excluding steroid dienone is 3. The third-order valence-electron chi connectivity index (χ3n) is 4.31. The first-order chi connectivity index (χ1) is 45.9. The number of thiocarbonyl (C=S) groups is 1.